The number of rotatable bonds is 4. The van der Waals surface area contributed by atoms with E-state index < -0.39 is 0 Å². The number of anilines is 1. The van der Waals surface area contributed by atoms with E-state index in [1.54, 1.807) is 17.1 Å². The van der Waals surface area contributed by atoms with E-state index in [1.165, 1.54) is 11.3 Å². The van der Waals surface area contributed by atoms with E-state index in [4.69, 9.17) is 0 Å². The van der Waals surface area contributed by atoms with Crippen molar-refractivity contribution < 1.29 is 4.79 Å². The van der Waals surface area contributed by atoms with Gasteiger partial charge in [-0.2, -0.15) is 0 Å². The van der Waals surface area contributed by atoms with Gasteiger partial charge in [0.05, 0.1) is 17.6 Å². The first kappa shape index (κ1) is 15.2. The molecule has 0 bridgehead atoms. The number of hydrogen-bond donors (Lipinski definition) is 1. The Morgan fingerprint density at radius 1 is 1.04 bits per heavy atom. The van der Waals surface area contributed by atoms with Crippen LogP contribution in [0.15, 0.2) is 66.3 Å². The van der Waals surface area contributed by atoms with Crippen LogP contribution in [-0.2, 0) is 0 Å². The van der Waals surface area contributed by atoms with Gasteiger partial charge in [0.1, 0.15) is 5.69 Å². The Morgan fingerprint density at radius 2 is 1.88 bits per heavy atom. The maximum atomic E-state index is 12.3. The van der Waals surface area contributed by atoms with Crippen LogP contribution in [0.4, 0.5) is 5.13 Å². The molecule has 0 atom stereocenters. The number of thiazole rings is 1. The normalized spacial score (nSPS) is 10.6. The van der Waals surface area contributed by atoms with Crippen LogP contribution < -0.4 is 5.32 Å². The number of pyridine rings is 1. The second kappa shape index (κ2) is 6.62. The number of para-hydroxylation sites is 1. The molecule has 1 amide bonds. The molecule has 4 rings (SSSR count). The van der Waals surface area contributed by atoms with Gasteiger partial charge in [0.2, 0.25) is 0 Å². The number of hydrogen-bond acceptors (Lipinski definition) is 6. The second-order valence-electron chi connectivity index (χ2n) is 5.09. The van der Waals surface area contributed by atoms with Crippen molar-refractivity contribution in [2.24, 2.45) is 0 Å². The molecule has 0 spiro atoms. The third kappa shape index (κ3) is 3.29. The van der Waals surface area contributed by atoms with E-state index in [1.807, 2.05) is 53.9 Å². The van der Waals surface area contributed by atoms with Crippen molar-refractivity contribution in [2.45, 2.75) is 0 Å². The van der Waals surface area contributed by atoms with E-state index in [-0.39, 0.29) is 11.6 Å². The molecule has 25 heavy (non-hydrogen) atoms. The van der Waals surface area contributed by atoms with Gasteiger partial charge in [-0.05, 0) is 24.3 Å². The standard InChI is InChI=1S/C17H12N6OS/c24-16(14-10-23(22-21-14)12-6-2-1-3-7-12)20-17-19-15(11-25-17)13-8-4-5-9-18-13/h1-11H,(H,19,20,24). The number of carbonyl (C=O) groups is 1. The lowest BCUT2D eigenvalue weighted by atomic mass is 10.3. The minimum Gasteiger partial charge on any atom is -0.296 e. The number of benzene rings is 1. The molecular formula is C17H12N6OS. The Morgan fingerprint density at radius 3 is 2.68 bits per heavy atom. The molecule has 122 valence electrons. The van der Waals surface area contributed by atoms with Crippen molar-refractivity contribution in [2.75, 3.05) is 5.32 Å². The molecule has 0 aliphatic carbocycles. The summed E-state index contributed by atoms with van der Waals surface area (Å²) in [6, 6.07) is 15.1. The van der Waals surface area contributed by atoms with Crippen molar-refractivity contribution in [3.8, 4) is 17.1 Å². The zero-order valence-corrected chi connectivity index (χ0v) is 13.7. The van der Waals surface area contributed by atoms with Crippen molar-refractivity contribution in [3.63, 3.8) is 0 Å². The number of nitrogens with one attached hydrogen (secondary N) is 1. The number of carbonyl (C=O) groups excluding carboxylic acids is 1. The predicted octanol–water partition coefficient (Wildman–Crippen LogP) is 3.04. The summed E-state index contributed by atoms with van der Waals surface area (Å²) in [6.45, 7) is 0. The minimum absolute atomic E-state index is 0.221. The molecule has 0 aliphatic heterocycles. The summed E-state index contributed by atoms with van der Waals surface area (Å²) in [7, 11) is 0. The molecular weight excluding hydrogens is 336 g/mol. The Labute approximate surface area is 147 Å². The number of amides is 1. The fourth-order valence-electron chi connectivity index (χ4n) is 2.20. The van der Waals surface area contributed by atoms with Gasteiger partial charge in [-0.25, -0.2) is 9.67 Å². The van der Waals surface area contributed by atoms with E-state index in [0.29, 0.717) is 10.8 Å². The van der Waals surface area contributed by atoms with Gasteiger partial charge >= 0.3 is 0 Å². The summed E-state index contributed by atoms with van der Waals surface area (Å²) in [5, 5.41) is 13.0. The van der Waals surface area contributed by atoms with E-state index in [9.17, 15) is 4.79 Å². The van der Waals surface area contributed by atoms with Gasteiger partial charge < -0.3 is 0 Å². The van der Waals surface area contributed by atoms with Crippen LogP contribution in [-0.4, -0.2) is 30.9 Å². The van der Waals surface area contributed by atoms with Crippen molar-refractivity contribution >= 4 is 22.4 Å². The van der Waals surface area contributed by atoms with Crippen LogP contribution in [0.2, 0.25) is 0 Å². The van der Waals surface area contributed by atoms with Crippen LogP contribution in [0.1, 0.15) is 10.5 Å². The SMILES string of the molecule is O=C(Nc1nc(-c2ccccn2)cs1)c1cn(-c2ccccc2)nn1. The lowest BCUT2D eigenvalue weighted by Gasteiger charge is -1.98. The molecule has 4 aromatic rings. The Bertz CT molecular complexity index is 996. The van der Waals surface area contributed by atoms with Gasteiger partial charge in [-0.1, -0.05) is 29.5 Å². The first-order valence-corrected chi connectivity index (χ1v) is 8.33. The topological polar surface area (TPSA) is 85.6 Å². The molecule has 0 unspecified atom stereocenters. The zero-order valence-electron chi connectivity index (χ0n) is 12.9. The fraction of sp³-hybridized carbons (Fsp3) is 0. The highest BCUT2D eigenvalue weighted by atomic mass is 32.1. The lowest BCUT2D eigenvalue weighted by molar-refractivity contribution is 0.102. The van der Waals surface area contributed by atoms with Crippen molar-refractivity contribution in [1.29, 1.82) is 0 Å². The summed E-state index contributed by atoms with van der Waals surface area (Å²) in [6.07, 6.45) is 3.28. The molecule has 1 N–H and O–H groups in total. The van der Waals surface area contributed by atoms with E-state index >= 15 is 0 Å². The van der Waals surface area contributed by atoms with E-state index in [2.05, 4.69) is 25.6 Å². The van der Waals surface area contributed by atoms with Gasteiger partial charge in [-0.15, -0.1) is 16.4 Å². The summed E-state index contributed by atoms with van der Waals surface area (Å²) >= 11 is 1.33. The molecule has 0 fully saturated rings. The average molecular weight is 348 g/mol. The maximum absolute atomic E-state index is 12.3. The first-order chi connectivity index (χ1) is 12.3. The van der Waals surface area contributed by atoms with Gasteiger partial charge in [0.15, 0.2) is 10.8 Å². The number of aromatic nitrogens is 5. The highest BCUT2D eigenvalue weighted by Gasteiger charge is 2.14. The second-order valence-corrected chi connectivity index (χ2v) is 5.95. The van der Waals surface area contributed by atoms with E-state index in [0.717, 1.165) is 11.4 Å². The average Bonchev–Trinajstić information content (AvgIpc) is 3.33. The van der Waals surface area contributed by atoms with Crippen LogP contribution in [0, 0.1) is 0 Å². The monoisotopic (exact) mass is 348 g/mol. The van der Waals surface area contributed by atoms with Crippen LogP contribution >= 0.6 is 11.3 Å². The Hall–Kier alpha value is -3.39. The lowest BCUT2D eigenvalue weighted by Crippen LogP contribution is -2.12. The molecule has 0 aliphatic rings. The summed E-state index contributed by atoms with van der Waals surface area (Å²) < 4.78 is 1.55. The van der Waals surface area contributed by atoms with Crippen LogP contribution in [0.5, 0.6) is 0 Å². The number of nitrogens with zero attached hydrogens (tertiary/aromatic N) is 5. The summed E-state index contributed by atoms with van der Waals surface area (Å²) in [4.78, 5) is 21.0. The smallest absolute Gasteiger partial charge is 0.279 e. The Kier molecular flexibility index (Phi) is 4.01. The quantitative estimate of drug-likeness (QED) is 0.613. The molecule has 7 nitrogen and oxygen atoms in total. The largest absolute Gasteiger partial charge is 0.296 e. The van der Waals surface area contributed by atoms with Gasteiger partial charge in [0, 0.05) is 11.6 Å². The summed E-state index contributed by atoms with van der Waals surface area (Å²) in [5.74, 6) is -0.357. The highest BCUT2D eigenvalue weighted by molar-refractivity contribution is 7.14. The molecule has 0 saturated carbocycles. The highest BCUT2D eigenvalue weighted by Crippen LogP contribution is 2.23. The van der Waals surface area contributed by atoms with Gasteiger partial charge in [-0.3, -0.25) is 15.1 Å². The predicted molar refractivity (Wildman–Crippen MR) is 94.7 cm³/mol. The van der Waals surface area contributed by atoms with Crippen LogP contribution in [0.3, 0.4) is 0 Å². The van der Waals surface area contributed by atoms with Gasteiger partial charge in [0.25, 0.3) is 5.91 Å². The fourth-order valence-corrected chi connectivity index (χ4v) is 2.90. The third-order valence-electron chi connectivity index (χ3n) is 3.40. The molecule has 8 heteroatoms. The zero-order chi connectivity index (χ0) is 17.1. The van der Waals surface area contributed by atoms with Crippen molar-refractivity contribution in [3.05, 3.63) is 72.0 Å². The van der Waals surface area contributed by atoms with Crippen molar-refractivity contribution in [1.82, 2.24) is 25.0 Å². The Balaban J connectivity index is 1.50. The molecule has 3 aromatic heterocycles. The molecule has 1 aromatic carbocycles. The maximum Gasteiger partial charge on any atom is 0.279 e. The summed E-state index contributed by atoms with van der Waals surface area (Å²) in [5.41, 5.74) is 2.53. The first-order valence-electron chi connectivity index (χ1n) is 7.46. The van der Waals surface area contributed by atoms with Crippen LogP contribution in [0.25, 0.3) is 17.1 Å². The minimum atomic E-state index is -0.357. The molecule has 0 radical (unpaired) electrons. The molecule has 3 heterocycles. The molecule has 0 saturated heterocycles. The third-order valence-corrected chi connectivity index (χ3v) is 4.16.